The minimum Gasteiger partial charge on any atom is -0.494 e. The first-order valence-corrected chi connectivity index (χ1v) is 14.6. The summed E-state index contributed by atoms with van der Waals surface area (Å²) < 4.78 is 32.3. The molecule has 200 valence electrons. The van der Waals surface area contributed by atoms with Crippen LogP contribution < -0.4 is 25.3 Å². The quantitative estimate of drug-likeness (QED) is 0.406. The molecule has 12 heteroatoms. The SMILES string of the molecule is COc1cc(N2CCN(S(=O)(=O)C(C)C)CC2)ccc1Nc1nc(NC2CCCCC2)c2[nH]c[nH+]c2n1. The van der Waals surface area contributed by atoms with Crippen molar-refractivity contribution in [2.45, 2.75) is 57.2 Å². The Bertz CT molecular complexity index is 1330. The van der Waals surface area contributed by atoms with Gasteiger partial charge in [0.05, 0.1) is 18.0 Å². The van der Waals surface area contributed by atoms with Gasteiger partial charge in [0.2, 0.25) is 15.5 Å². The molecule has 2 fully saturated rings. The fourth-order valence-electron chi connectivity index (χ4n) is 5.08. The van der Waals surface area contributed by atoms with Crippen molar-refractivity contribution in [3.8, 4) is 5.75 Å². The molecule has 5 rings (SSSR count). The van der Waals surface area contributed by atoms with E-state index in [4.69, 9.17) is 9.72 Å². The third-order valence-corrected chi connectivity index (χ3v) is 9.55. The average Bonchev–Trinajstić information content (AvgIpc) is 3.38. The maximum absolute atomic E-state index is 12.5. The number of imidazole rings is 1. The van der Waals surface area contributed by atoms with E-state index in [1.165, 1.54) is 19.3 Å². The number of aromatic amines is 2. The van der Waals surface area contributed by atoms with Crippen LogP contribution in [0, 0.1) is 0 Å². The summed E-state index contributed by atoms with van der Waals surface area (Å²) in [6, 6.07) is 6.35. The van der Waals surface area contributed by atoms with Gasteiger partial charge in [-0.1, -0.05) is 24.2 Å². The van der Waals surface area contributed by atoms with Crippen LogP contribution in [0.4, 0.5) is 23.1 Å². The number of rotatable bonds is 8. The molecule has 1 saturated heterocycles. The number of piperazine rings is 1. The topological polar surface area (TPSA) is 130 Å². The predicted octanol–water partition coefficient (Wildman–Crippen LogP) is 3.13. The fraction of sp³-hybridized carbons (Fsp3) is 0.560. The highest BCUT2D eigenvalue weighted by Gasteiger charge is 2.29. The van der Waals surface area contributed by atoms with E-state index < -0.39 is 15.3 Å². The maximum Gasteiger partial charge on any atom is 0.307 e. The molecule has 11 nitrogen and oxygen atoms in total. The van der Waals surface area contributed by atoms with Crippen molar-refractivity contribution < 1.29 is 18.1 Å². The zero-order valence-electron chi connectivity index (χ0n) is 21.7. The zero-order valence-corrected chi connectivity index (χ0v) is 22.6. The number of fused-ring (bicyclic) bond motifs is 1. The normalized spacial score (nSPS) is 17.9. The van der Waals surface area contributed by atoms with E-state index in [9.17, 15) is 8.42 Å². The van der Waals surface area contributed by atoms with Crippen molar-refractivity contribution >= 4 is 44.3 Å². The van der Waals surface area contributed by atoms with Crippen LogP contribution in [0.2, 0.25) is 0 Å². The molecule has 0 amide bonds. The molecule has 0 bridgehead atoms. The minimum absolute atomic E-state index is 0.409. The Kier molecular flexibility index (Phi) is 7.38. The van der Waals surface area contributed by atoms with Gasteiger partial charge in [-0.25, -0.2) is 13.4 Å². The molecule has 4 N–H and O–H groups in total. The number of aromatic nitrogens is 4. The van der Waals surface area contributed by atoms with Gasteiger partial charge >= 0.3 is 11.6 Å². The highest BCUT2D eigenvalue weighted by atomic mass is 32.2. The number of benzene rings is 1. The molecular formula is C25H37N8O3S+. The van der Waals surface area contributed by atoms with Crippen molar-refractivity contribution in [1.82, 2.24) is 19.3 Å². The summed E-state index contributed by atoms with van der Waals surface area (Å²) in [4.78, 5) is 18.0. The van der Waals surface area contributed by atoms with Gasteiger partial charge in [-0.3, -0.25) is 4.98 Å². The zero-order chi connectivity index (χ0) is 26.0. The molecule has 37 heavy (non-hydrogen) atoms. The molecule has 1 aliphatic carbocycles. The van der Waals surface area contributed by atoms with Gasteiger partial charge < -0.3 is 20.3 Å². The van der Waals surface area contributed by atoms with E-state index in [0.717, 1.165) is 41.2 Å². The van der Waals surface area contributed by atoms with Gasteiger partial charge in [-0.05, 0) is 38.8 Å². The van der Waals surface area contributed by atoms with Crippen LogP contribution in [0.3, 0.4) is 0 Å². The van der Waals surface area contributed by atoms with Crippen LogP contribution in [0.5, 0.6) is 5.75 Å². The van der Waals surface area contributed by atoms with E-state index in [2.05, 4.69) is 30.5 Å². The summed E-state index contributed by atoms with van der Waals surface area (Å²) in [6.07, 6.45) is 7.82. The summed E-state index contributed by atoms with van der Waals surface area (Å²) in [5.41, 5.74) is 3.32. The third-order valence-electron chi connectivity index (χ3n) is 7.27. The number of ether oxygens (including phenoxy) is 1. The smallest absolute Gasteiger partial charge is 0.307 e. The van der Waals surface area contributed by atoms with Crippen molar-refractivity contribution in [1.29, 1.82) is 0 Å². The molecule has 0 unspecified atom stereocenters. The lowest BCUT2D eigenvalue weighted by molar-refractivity contribution is -0.347. The van der Waals surface area contributed by atoms with E-state index in [1.807, 2.05) is 18.2 Å². The molecule has 0 radical (unpaired) electrons. The molecule has 1 aromatic carbocycles. The van der Waals surface area contributed by atoms with Gasteiger partial charge in [-0.2, -0.15) is 9.29 Å². The Morgan fingerprint density at radius 3 is 2.57 bits per heavy atom. The van der Waals surface area contributed by atoms with Crippen LogP contribution >= 0.6 is 0 Å². The number of hydrogen-bond acceptors (Lipinski definition) is 8. The number of anilines is 4. The molecule has 2 aliphatic rings. The number of methoxy groups -OCH3 is 1. The molecule has 1 saturated carbocycles. The molecule has 1 aliphatic heterocycles. The van der Waals surface area contributed by atoms with Crippen LogP contribution in [0.1, 0.15) is 46.0 Å². The first-order valence-electron chi connectivity index (χ1n) is 13.1. The van der Waals surface area contributed by atoms with Crippen molar-refractivity contribution in [2.75, 3.05) is 48.8 Å². The molecular weight excluding hydrogens is 492 g/mol. The Labute approximate surface area is 218 Å². The van der Waals surface area contributed by atoms with Crippen LogP contribution in [0.25, 0.3) is 11.2 Å². The van der Waals surface area contributed by atoms with Gasteiger partial charge in [-0.15, -0.1) is 0 Å². The summed E-state index contributed by atoms with van der Waals surface area (Å²) in [5.74, 6) is 1.92. The average molecular weight is 530 g/mol. The van der Waals surface area contributed by atoms with E-state index in [-0.39, 0.29) is 0 Å². The van der Waals surface area contributed by atoms with Crippen LogP contribution in [0.15, 0.2) is 24.5 Å². The fourth-order valence-corrected chi connectivity index (χ4v) is 6.35. The second-order valence-corrected chi connectivity index (χ2v) is 12.5. The van der Waals surface area contributed by atoms with Gasteiger partial charge in [0.25, 0.3) is 0 Å². The summed E-state index contributed by atoms with van der Waals surface area (Å²) in [7, 11) is -1.60. The Hall–Kier alpha value is -3.12. The maximum atomic E-state index is 12.5. The lowest BCUT2D eigenvalue weighted by Gasteiger charge is -2.36. The number of H-pyrrole nitrogens is 2. The Balaban J connectivity index is 1.32. The lowest BCUT2D eigenvalue weighted by Crippen LogP contribution is -2.50. The van der Waals surface area contributed by atoms with E-state index >= 15 is 0 Å². The molecule has 2 aromatic heterocycles. The third kappa shape index (κ3) is 5.45. The number of nitrogens with one attached hydrogen (secondary N) is 4. The number of nitrogens with zero attached hydrogens (tertiary/aromatic N) is 4. The number of hydrogen-bond donors (Lipinski definition) is 3. The monoisotopic (exact) mass is 529 g/mol. The minimum atomic E-state index is -3.24. The number of sulfonamides is 1. The second kappa shape index (κ2) is 10.7. The van der Waals surface area contributed by atoms with Crippen molar-refractivity contribution in [2.24, 2.45) is 0 Å². The van der Waals surface area contributed by atoms with E-state index in [1.54, 1.807) is 31.6 Å². The summed E-state index contributed by atoms with van der Waals surface area (Å²) in [5, 5.41) is 6.53. The lowest BCUT2D eigenvalue weighted by atomic mass is 9.95. The van der Waals surface area contributed by atoms with Gasteiger partial charge in [0.15, 0.2) is 12.1 Å². The summed E-state index contributed by atoms with van der Waals surface area (Å²) >= 11 is 0. The molecule has 3 aromatic rings. The predicted molar refractivity (Wildman–Crippen MR) is 145 cm³/mol. The largest absolute Gasteiger partial charge is 0.494 e. The first-order chi connectivity index (χ1) is 17.8. The Morgan fingerprint density at radius 2 is 1.86 bits per heavy atom. The van der Waals surface area contributed by atoms with Crippen LogP contribution in [-0.4, -0.2) is 72.3 Å². The standard InChI is InChI=1S/C25H36N8O3S/c1-17(2)37(34,35)33-13-11-32(12-14-33)19-9-10-20(21(15-19)36-3)29-25-30-23-22(26-16-27-23)24(31-25)28-18-7-5-4-6-8-18/h9-10,15-18H,4-8,11-14H2,1-3H3,(H3,26,27,28,29,30,31)/p+1. The molecule has 0 spiro atoms. The molecule has 3 heterocycles. The van der Waals surface area contributed by atoms with Crippen molar-refractivity contribution in [3.63, 3.8) is 0 Å². The summed E-state index contributed by atoms with van der Waals surface area (Å²) in [6.45, 7) is 5.65. The second-order valence-electron chi connectivity index (χ2n) is 10.0. The van der Waals surface area contributed by atoms with Gasteiger partial charge in [0, 0.05) is 44.0 Å². The van der Waals surface area contributed by atoms with Gasteiger partial charge in [0.1, 0.15) is 5.75 Å². The molecule has 0 atom stereocenters. The Morgan fingerprint density at radius 1 is 1.11 bits per heavy atom. The highest BCUT2D eigenvalue weighted by Crippen LogP contribution is 2.33. The van der Waals surface area contributed by atoms with Crippen molar-refractivity contribution in [3.05, 3.63) is 24.5 Å². The van der Waals surface area contributed by atoms with E-state index in [0.29, 0.717) is 43.9 Å². The highest BCUT2D eigenvalue weighted by molar-refractivity contribution is 7.89. The van der Waals surface area contributed by atoms with Crippen LogP contribution in [-0.2, 0) is 10.0 Å². The first kappa shape index (κ1) is 25.5.